The smallest absolute Gasteiger partial charge is 0.231 e. The van der Waals surface area contributed by atoms with Crippen molar-refractivity contribution in [2.45, 2.75) is 13.1 Å². The maximum absolute atomic E-state index is 9.57. The van der Waals surface area contributed by atoms with Gasteiger partial charge in [0, 0.05) is 0 Å². The van der Waals surface area contributed by atoms with Gasteiger partial charge in [-0.25, -0.2) is 0 Å². The largest absolute Gasteiger partial charge is 0.504 e. The van der Waals surface area contributed by atoms with Crippen LogP contribution in [-0.4, -0.2) is 20.7 Å². The molecule has 69 valence electrons. The number of rotatable bonds is 1. The fourth-order valence-corrected chi connectivity index (χ4v) is 2.13. The lowest BCUT2D eigenvalue weighted by molar-refractivity contribution is 0.171. The number of aromatic hydroxyl groups is 1. The Morgan fingerprint density at radius 2 is 2.08 bits per heavy atom. The molecule has 1 radical (unpaired) electrons. The minimum atomic E-state index is -0.551. The maximum Gasteiger partial charge on any atom is 0.231 e. The molecule has 1 aliphatic heterocycles. The average molecular weight is 195 g/mol. The molecule has 13 heavy (non-hydrogen) atoms. The van der Waals surface area contributed by atoms with Crippen molar-refractivity contribution in [3.63, 3.8) is 0 Å². The monoisotopic (exact) mass is 195 g/mol. The Labute approximate surface area is 78.5 Å². The summed E-state index contributed by atoms with van der Waals surface area (Å²) in [5.74, 6) is 1.34. The first-order valence-electron chi connectivity index (χ1n) is 4.11. The van der Waals surface area contributed by atoms with Gasteiger partial charge in [-0.1, -0.05) is 18.3 Å². The molecule has 0 bridgehead atoms. The van der Waals surface area contributed by atoms with Gasteiger partial charge in [0.2, 0.25) is 12.5 Å². The van der Waals surface area contributed by atoms with Gasteiger partial charge in [-0.2, -0.15) is 0 Å². The third-order valence-corrected chi connectivity index (χ3v) is 3.47. The Bertz CT molecular complexity index is 336. The molecule has 0 saturated carbocycles. The lowest BCUT2D eigenvalue weighted by atomic mass is 10.3. The topological polar surface area (TPSA) is 38.7 Å². The molecule has 1 aromatic rings. The second-order valence-corrected chi connectivity index (χ2v) is 5.81. The third-order valence-electron chi connectivity index (χ3n) is 2.03. The molecule has 0 saturated heterocycles. The second-order valence-electron chi connectivity index (χ2n) is 3.23. The van der Waals surface area contributed by atoms with E-state index in [2.05, 4.69) is 13.1 Å². The van der Waals surface area contributed by atoms with Crippen LogP contribution < -0.4 is 14.7 Å². The van der Waals surface area contributed by atoms with E-state index in [0.717, 1.165) is 5.19 Å². The molecule has 0 aliphatic carbocycles. The number of phenolic OH excluding ortho intramolecular Hbond substituents is 1. The van der Waals surface area contributed by atoms with Crippen molar-refractivity contribution in [3.8, 4) is 17.2 Å². The van der Waals surface area contributed by atoms with E-state index in [9.17, 15) is 5.11 Å². The lowest BCUT2D eigenvalue weighted by Gasteiger charge is -2.06. The number of phenols is 1. The van der Waals surface area contributed by atoms with Gasteiger partial charge in [-0.3, -0.25) is 0 Å². The summed E-state index contributed by atoms with van der Waals surface area (Å²) < 4.78 is 10.3. The fourth-order valence-electron chi connectivity index (χ4n) is 1.28. The standard InChI is InChI=1S/C9H11O3Si/c1-13(2)6-3-7(10)9-8(4-6)11-5-12-9/h3-4,10H,5H2,1-2H3. The van der Waals surface area contributed by atoms with Crippen LogP contribution in [0.4, 0.5) is 0 Å². The summed E-state index contributed by atoms with van der Waals surface area (Å²) in [6.07, 6.45) is 0. The summed E-state index contributed by atoms with van der Waals surface area (Å²) >= 11 is 0. The Morgan fingerprint density at radius 3 is 2.77 bits per heavy atom. The summed E-state index contributed by atoms with van der Waals surface area (Å²) in [6.45, 7) is 4.55. The average Bonchev–Trinajstić information content (AvgIpc) is 2.51. The van der Waals surface area contributed by atoms with Crippen molar-refractivity contribution >= 4 is 14.0 Å². The van der Waals surface area contributed by atoms with Crippen LogP contribution in [0.3, 0.4) is 0 Å². The van der Waals surface area contributed by atoms with Crippen molar-refractivity contribution in [3.05, 3.63) is 12.1 Å². The number of hydrogen-bond donors (Lipinski definition) is 1. The Kier molecular flexibility index (Phi) is 1.92. The van der Waals surface area contributed by atoms with Crippen LogP contribution in [0.5, 0.6) is 17.2 Å². The summed E-state index contributed by atoms with van der Waals surface area (Å²) in [7, 11) is -0.551. The van der Waals surface area contributed by atoms with Crippen molar-refractivity contribution in [2.24, 2.45) is 0 Å². The van der Waals surface area contributed by atoms with E-state index in [0.29, 0.717) is 11.5 Å². The van der Waals surface area contributed by atoms with E-state index < -0.39 is 8.80 Å². The Balaban J connectivity index is 2.49. The van der Waals surface area contributed by atoms with Crippen LogP contribution in [0.15, 0.2) is 12.1 Å². The Hall–Kier alpha value is -1.16. The van der Waals surface area contributed by atoms with E-state index in [4.69, 9.17) is 9.47 Å². The van der Waals surface area contributed by atoms with Gasteiger partial charge in [-0.05, 0) is 12.1 Å². The minimum Gasteiger partial charge on any atom is -0.504 e. The summed E-state index contributed by atoms with van der Waals surface area (Å²) in [5.41, 5.74) is 0. The fraction of sp³-hybridized carbons (Fsp3) is 0.333. The minimum absolute atomic E-state index is 0.191. The normalized spacial score (nSPS) is 13.8. The number of ether oxygens (including phenoxy) is 2. The van der Waals surface area contributed by atoms with Crippen LogP contribution in [0.25, 0.3) is 0 Å². The molecule has 0 aromatic heterocycles. The molecule has 0 fully saturated rings. The Morgan fingerprint density at radius 1 is 1.31 bits per heavy atom. The molecule has 1 N–H and O–H groups in total. The van der Waals surface area contributed by atoms with Crippen molar-refractivity contribution in [1.82, 2.24) is 0 Å². The molecule has 3 nitrogen and oxygen atoms in total. The highest BCUT2D eigenvalue weighted by atomic mass is 28.3. The first-order chi connectivity index (χ1) is 6.18. The first-order valence-corrected chi connectivity index (χ1v) is 6.61. The predicted octanol–water partition coefficient (Wildman–Crippen LogP) is 1.08. The zero-order valence-electron chi connectivity index (χ0n) is 7.63. The molecule has 2 rings (SSSR count). The number of benzene rings is 1. The summed E-state index contributed by atoms with van der Waals surface area (Å²) in [6, 6.07) is 3.72. The number of fused-ring (bicyclic) bond motifs is 1. The summed E-state index contributed by atoms with van der Waals surface area (Å²) in [4.78, 5) is 0. The highest BCUT2D eigenvalue weighted by Crippen LogP contribution is 2.38. The molecular weight excluding hydrogens is 184 g/mol. The molecule has 1 aliphatic rings. The van der Waals surface area contributed by atoms with E-state index in [1.54, 1.807) is 6.07 Å². The van der Waals surface area contributed by atoms with Crippen LogP contribution >= 0.6 is 0 Å². The van der Waals surface area contributed by atoms with Crippen molar-refractivity contribution < 1.29 is 14.6 Å². The van der Waals surface area contributed by atoms with Crippen LogP contribution in [0, 0.1) is 0 Å². The van der Waals surface area contributed by atoms with Gasteiger partial charge in [0.15, 0.2) is 11.5 Å². The van der Waals surface area contributed by atoms with Crippen LogP contribution in [0.1, 0.15) is 0 Å². The third kappa shape index (κ3) is 1.37. The van der Waals surface area contributed by atoms with Crippen molar-refractivity contribution in [2.75, 3.05) is 6.79 Å². The highest BCUT2D eigenvalue weighted by Gasteiger charge is 2.19. The molecule has 0 atom stereocenters. The molecule has 1 heterocycles. The zero-order valence-corrected chi connectivity index (χ0v) is 8.63. The van der Waals surface area contributed by atoms with Crippen LogP contribution in [-0.2, 0) is 0 Å². The molecule has 0 amide bonds. The number of hydrogen-bond acceptors (Lipinski definition) is 3. The SMILES string of the molecule is C[Si](C)c1cc(O)c2c(c1)OCO2. The van der Waals surface area contributed by atoms with E-state index in [1.165, 1.54) is 0 Å². The quantitative estimate of drug-likeness (QED) is 0.682. The van der Waals surface area contributed by atoms with Gasteiger partial charge >= 0.3 is 0 Å². The first kappa shape index (κ1) is 8.44. The molecule has 1 aromatic carbocycles. The second kappa shape index (κ2) is 2.96. The van der Waals surface area contributed by atoms with E-state index in [-0.39, 0.29) is 12.5 Å². The van der Waals surface area contributed by atoms with Crippen molar-refractivity contribution in [1.29, 1.82) is 0 Å². The molecule has 0 spiro atoms. The van der Waals surface area contributed by atoms with Gasteiger partial charge < -0.3 is 14.6 Å². The van der Waals surface area contributed by atoms with Gasteiger partial charge in [0.1, 0.15) is 0 Å². The van der Waals surface area contributed by atoms with Gasteiger partial charge in [0.25, 0.3) is 0 Å². The lowest BCUT2D eigenvalue weighted by Crippen LogP contribution is -2.21. The molecule has 4 heteroatoms. The zero-order chi connectivity index (χ0) is 9.42. The van der Waals surface area contributed by atoms with E-state index in [1.807, 2.05) is 6.07 Å². The molecular formula is C9H11O3Si. The van der Waals surface area contributed by atoms with Gasteiger partial charge in [0.05, 0.1) is 8.80 Å². The predicted molar refractivity (Wildman–Crippen MR) is 51.3 cm³/mol. The van der Waals surface area contributed by atoms with E-state index >= 15 is 0 Å². The summed E-state index contributed by atoms with van der Waals surface area (Å²) in [5, 5.41) is 10.7. The highest BCUT2D eigenvalue weighted by molar-refractivity contribution is 6.70. The van der Waals surface area contributed by atoms with Crippen LogP contribution in [0.2, 0.25) is 13.1 Å². The molecule has 0 unspecified atom stereocenters. The van der Waals surface area contributed by atoms with Gasteiger partial charge in [-0.15, -0.1) is 0 Å². The maximum atomic E-state index is 9.57.